The Balaban J connectivity index is 1.90. The minimum Gasteiger partial charge on any atom is -0.360 e. The van der Waals surface area contributed by atoms with E-state index >= 15 is 0 Å². The van der Waals surface area contributed by atoms with Crippen LogP contribution in [0.25, 0.3) is 0 Å². The van der Waals surface area contributed by atoms with Gasteiger partial charge in [-0.3, -0.25) is 0 Å². The average Bonchev–Trinajstić information content (AvgIpc) is 2.87. The predicted octanol–water partition coefficient (Wildman–Crippen LogP) is 2.15. The van der Waals surface area contributed by atoms with E-state index in [0.29, 0.717) is 5.92 Å². The maximum absolute atomic E-state index is 5.45. The molecule has 2 bridgehead atoms. The van der Waals surface area contributed by atoms with Gasteiger partial charge in [-0.25, -0.2) is 0 Å². The van der Waals surface area contributed by atoms with Crippen LogP contribution < -0.4 is 5.32 Å². The van der Waals surface area contributed by atoms with Gasteiger partial charge in [0.05, 0.1) is 0 Å². The molecule has 3 heteroatoms. The molecule has 76 valence electrons. The van der Waals surface area contributed by atoms with Crippen molar-refractivity contribution in [2.75, 3.05) is 6.54 Å². The van der Waals surface area contributed by atoms with Gasteiger partial charge < -0.3 is 9.84 Å². The highest BCUT2D eigenvalue weighted by molar-refractivity contribution is 5.37. The van der Waals surface area contributed by atoms with Crippen LogP contribution >= 0.6 is 0 Å². The first-order chi connectivity index (χ1) is 6.90. The second-order valence-corrected chi connectivity index (χ2v) is 4.39. The lowest BCUT2D eigenvalue weighted by atomic mass is 9.96. The van der Waals surface area contributed by atoms with Crippen molar-refractivity contribution in [3.8, 4) is 0 Å². The SMILES string of the molecule is CCNCc1noc2c1C1CCC2C1. The number of fused-ring (bicyclic) bond motifs is 5. The van der Waals surface area contributed by atoms with Gasteiger partial charge in [0.2, 0.25) is 0 Å². The number of nitrogens with one attached hydrogen (secondary N) is 1. The summed E-state index contributed by atoms with van der Waals surface area (Å²) in [6.07, 6.45) is 3.97. The topological polar surface area (TPSA) is 38.1 Å². The first kappa shape index (κ1) is 8.48. The lowest BCUT2D eigenvalue weighted by Gasteiger charge is -2.08. The fraction of sp³-hybridized carbons (Fsp3) is 0.727. The first-order valence-corrected chi connectivity index (χ1v) is 5.59. The molecule has 0 radical (unpaired) electrons. The van der Waals surface area contributed by atoms with Crippen LogP contribution in [0.2, 0.25) is 0 Å². The average molecular weight is 192 g/mol. The molecule has 2 unspecified atom stereocenters. The predicted molar refractivity (Wildman–Crippen MR) is 53.2 cm³/mol. The summed E-state index contributed by atoms with van der Waals surface area (Å²) in [4.78, 5) is 0. The van der Waals surface area contributed by atoms with Crippen molar-refractivity contribution in [1.82, 2.24) is 10.5 Å². The van der Waals surface area contributed by atoms with E-state index in [0.717, 1.165) is 24.7 Å². The zero-order chi connectivity index (χ0) is 9.54. The number of aromatic nitrogens is 1. The number of hydrogen-bond donors (Lipinski definition) is 1. The third-order valence-electron chi connectivity index (χ3n) is 3.58. The van der Waals surface area contributed by atoms with Crippen LogP contribution in [-0.4, -0.2) is 11.7 Å². The summed E-state index contributed by atoms with van der Waals surface area (Å²) in [5.74, 6) is 2.65. The van der Waals surface area contributed by atoms with Gasteiger partial charge in [-0.05, 0) is 31.7 Å². The molecule has 0 saturated heterocycles. The van der Waals surface area contributed by atoms with Crippen LogP contribution in [0.4, 0.5) is 0 Å². The van der Waals surface area contributed by atoms with Gasteiger partial charge in [-0.1, -0.05) is 12.1 Å². The molecule has 0 aromatic carbocycles. The molecule has 0 amide bonds. The number of hydrogen-bond acceptors (Lipinski definition) is 3. The van der Waals surface area contributed by atoms with E-state index in [1.54, 1.807) is 0 Å². The summed E-state index contributed by atoms with van der Waals surface area (Å²) in [7, 11) is 0. The Kier molecular flexibility index (Phi) is 1.87. The highest BCUT2D eigenvalue weighted by atomic mass is 16.5. The van der Waals surface area contributed by atoms with Crippen LogP contribution in [0.5, 0.6) is 0 Å². The molecule has 2 aliphatic rings. The van der Waals surface area contributed by atoms with Crippen molar-refractivity contribution in [3.05, 3.63) is 17.0 Å². The summed E-state index contributed by atoms with van der Waals surface area (Å²) >= 11 is 0. The minimum atomic E-state index is 0.692. The molecule has 1 N–H and O–H groups in total. The van der Waals surface area contributed by atoms with E-state index in [2.05, 4.69) is 17.4 Å². The molecule has 0 aliphatic heterocycles. The summed E-state index contributed by atoms with van der Waals surface area (Å²) in [5.41, 5.74) is 2.61. The molecule has 1 saturated carbocycles. The Morgan fingerprint density at radius 3 is 3.14 bits per heavy atom. The van der Waals surface area contributed by atoms with E-state index in [-0.39, 0.29) is 0 Å². The molecular formula is C11H16N2O. The molecule has 1 fully saturated rings. The monoisotopic (exact) mass is 192 g/mol. The fourth-order valence-corrected chi connectivity index (χ4v) is 2.93. The fourth-order valence-electron chi connectivity index (χ4n) is 2.93. The smallest absolute Gasteiger partial charge is 0.143 e. The third-order valence-corrected chi connectivity index (χ3v) is 3.58. The second kappa shape index (κ2) is 3.09. The molecule has 0 spiro atoms. The van der Waals surface area contributed by atoms with Crippen molar-refractivity contribution in [2.24, 2.45) is 0 Å². The molecule has 1 aromatic rings. The van der Waals surface area contributed by atoms with Gasteiger partial charge in [0, 0.05) is 18.0 Å². The van der Waals surface area contributed by atoms with E-state index in [1.807, 2.05) is 0 Å². The number of nitrogens with zero attached hydrogens (tertiary/aromatic N) is 1. The Bertz CT molecular complexity index is 345. The largest absolute Gasteiger partial charge is 0.360 e. The van der Waals surface area contributed by atoms with Gasteiger partial charge in [-0.2, -0.15) is 0 Å². The summed E-state index contributed by atoms with van der Waals surface area (Å²) in [5, 5.41) is 7.50. The zero-order valence-electron chi connectivity index (χ0n) is 8.55. The molecule has 2 atom stereocenters. The lowest BCUT2D eigenvalue weighted by molar-refractivity contribution is 0.357. The lowest BCUT2D eigenvalue weighted by Crippen LogP contribution is -2.13. The van der Waals surface area contributed by atoms with Crippen LogP contribution in [0.3, 0.4) is 0 Å². The number of rotatable bonds is 3. The van der Waals surface area contributed by atoms with Crippen molar-refractivity contribution < 1.29 is 4.52 Å². The van der Waals surface area contributed by atoms with E-state index in [9.17, 15) is 0 Å². The summed E-state index contributed by atoms with van der Waals surface area (Å²) in [6, 6.07) is 0. The van der Waals surface area contributed by atoms with Crippen molar-refractivity contribution in [1.29, 1.82) is 0 Å². The Labute approximate surface area is 83.9 Å². The molecule has 14 heavy (non-hydrogen) atoms. The van der Waals surface area contributed by atoms with Gasteiger partial charge in [0.15, 0.2) is 0 Å². The molecular weight excluding hydrogens is 176 g/mol. The minimum absolute atomic E-state index is 0.692. The summed E-state index contributed by atoms with van der Waals surface area (Å²) in [6.45, 7) is 3.99. The van der Waals surface area contributed by atoms with Crippen LogP contribution in [0, 0.1) is 0 Å². The quantitative estimate of drug-likeness (QED) is 0.797. The highest BCUT2D eigenvalue weighted by Crippen LogP contribution is 2.54. The maximum atomic E-state index is 5.45. The Hall–Kier alpha value is -0.830. The Morgan fingerprint density at radius 1 is 1.43 bits per heavy atom. The van der Waals surface area contributed by atoms with Crippen LogP contribution in [0.15, 0.2) is 4.52 Å². The molecule has 1 heterocycles. The van der Waals surface area contributed by atoms with Gasteiger partial charge in [0.25, 0.3) is 0 Å². The van der Waals surface area contributed by atoms with Crippen molar-refractivity contribution in [2.45, 2.75) is 44.6 Å². The molecule has 1 aromatic heterocycles. The third kappa shape index (κ3) is 1.05. The van der Waals surface area contributed by atoms with Gasteiger partial charge >= 0.3 is 0 Å². The van der Waals surface area contributed by atoms with Crippen molar-refractivity contribution >= 4 is 0 Å². The van der Waals surface area contributed by atoms with E-state index in [4.69, 9.17) is 4.52 Å². The summed E-state index contributed by atoms with van der Waals surface area (Å²) < 4.78 is 5.45. The standard InChI is InChI=1S/C11H16N2O/c1-2-12-6-9-10-7-3-4-8(5-7)11(10)14-13-9/h7-8,12H,2-6H2,1H3. The second-order valence-electron chi connectivity index (χ2n) is 4.39. The van der Waals surface area contributed by atoms with E-state index in [1.165, 1.54) is 30.6 Å². The Morgan fingerprint density at radius 2 is 2.29 bits per heavy atom. The molecule has 3 rings (SSSR count). The van der Waals surface area contributed by atoms with Crippen molar-refractivity contribution in [3.63, 3.8) is 0 Å². The maximum Gasteiger partial charge on any atom is 0.143 e. The molecule has 3 nitrogen and oxygen atoms in total. The van der Waals surface area contributed by atoms with E-state index < -0.39 is 0 Å². The highest BCUT2D eigenvalue weighted by Gasteiger charge is 2.42. The van der Waals surface area contributed by atoms with Gasteiger partial charge in [0.1, 0.15) is 11.5 Å². The normalized spacial score (nSPS) is 28.4. The molecule has 2 aliphatic carbocycles. The van der Waals surface area contributed by atoms with Gasteiger partial charge in [-0.15, -0.1) is 0 Å². The van der Waals surface area contributed by atoms with Crippen LogP contribution in [-0.2, 0) is 6.54 Å². The van der Waals surface area contributed by atoms with Crippen LogP contribution in [0.1, 0.15) is 55.0 Å². The first-order valence-electron chi connectivity index (χ1n) is 5.59. The zero-order valence-corrected chi connectivity index (χ0v) is 8.55.